The van der Waals surface area contributed by atoms with E-state index in [1.54, 1.807) is 15.2 Å². The molecule has 2 N–H and O–H groups in total. The van der Waals surface area contributed by atoms with Crippen molar-refractivity contribution < 1.29 is 4.79 Å². The summed E-state index contributed by atoms with van der Waals surface area (Å²) in [5.41, 5.74) is 1.63. The molecule has 0 radical (unpaired) electrons. The fraction of sp³-hybridized carbons (Fsp3) is 0.316. The summed E-state index contributed by atoms with van der Waals surface area (Å²) in [7, 11) is 0. The quantitative estimate of drug-likeness (QED) is 0.547. The van der Waals surface area contributed by atoms with Gasteiger partial charge in [0.15, 0.2) is 0 Å². The largest absolute Gasteiger partial charge is 0.367 e. The summed E-state index contributed by atoms with van der Waals surface area (Å²) in [4.78, 5) is 28.8. The van der Waals surface area contributed by atoms with Gasteiger partial charge in [-0.2, -0.15) is 0 Å². The smallest absolute Gasteiger partial charge is 0.329 e. The van der Waals surface area contributed by atoms with E-state index in [4.69, 9.17) is 23.2 Å². The average molecular weight is 422 g/mol. The molecule has 0 saturated carbocycles. The molecule has 2 aromatic heterocycles. The van der Waals surface area contributed by atoms with Crippen molar-refractivity contribution >= 4 is 46.0 Å². The number of fused-ring (bicyclic) bond motifs is 1. The first kappa shape index (κ1) is 20.2. The van der Waals surface area contributed by atoms with E-state index in [1.807, 2.05) is 31.2 Å². The molecule has 3 rings (SSSR count). The molecule has 1 amide bonds. The highest BCUT2D eigenvalue weighted by Crippen LogP contribution is 2.22. The number of nitrogens with one attached hydrogen (secondary N) is 2. The number of carbonyl (C=O) groups excluding carboxylic acids is 1. The van der Waals surface area contributed by atoms with Gasteiger partial charge in [-0.3, -0.25) is 13.9 Å². The van der Waals surface area contributed by atoms with Crippen LogP contribution in [0.3, 0.4) is 0 Å². The highest BCUT2D eigenvalue weighted by Gasteiger charge is 2.12. The van der Waals surface area contributed by atoms with Crippen molar-refractivity contribution in [1.29, 1.82) is 0 Å². The molecule has 3 aromatic rings. The Morgan fingerprint density at radius 3 is 2.54 bits per heavy atom. The van der Waals surface area contributed by atoms with Gasteiger partial charge in [0, 0.05) is 38.8 Å². The van der Waals surface area contributed by atoms with Crippen molar-refractivity contribution in [1.82, 2.24) is 19.4 Å². The summed E-state index contributed by atoms with van der Waals surface area (Å²) >= 11 is 11.8. The van der Waals surface area contributed by atoms with Crippen LogP contribution in [0.5, 0.6) is 0 Å². The molecule has 7 nitrogen and oxygen atoms in total. The summed E-state index contributed by atoms with van der Waals surface area (Å²) in [6, 6.07) is 9.20. The van der Waals surface area contributed by atoms with E-state index >= 15 is 0 Å². The van der Waals surface area contributed by atoms with Crippen LogP contribution >= 0.6 is 23.2 Å². The number of halogens is 2. The minimum absolute atomic E-state index is 0.0957. The van der Waals surface area contributed by atoms with Crippen molar-refractivity contribution in [3.8, 4) is 0 Å². The summed E-state index contributed by atoms with van der Waals surface area (Å²) in [6.45, 7) is 3.72. The number of anilines is 1. The monoisotopic (exact) mass is 421 g/mol. The molecule has 2 heterocycles. The number of carbonyl (C=O) groups is 1. The van der Waals surface area contributed by atoms with Crippen LogP contribution in [0.15, 0.2) is 41.3 Å². The Balaban J connectivity index is 1.52. The predicted octanol–water partition coefficient (Wildman–Crippen LogP) is 3.14. The lowest BCUT2D eigenvalue weighted by Gasteiger charge is -2.09. The molecule has 0 aliphatic rings. The van der Waals surface area contributed by atoms with Crippen molar-refractivity contribution in [2.75, 3.05) is 18.4 Å². The number of amides is 1. The molecule has 0 atom stereocenters. The number of aryl methyl sites for hydroxylation is 2. The maximum atomic E-state index is 12.6. The molecule has 0 unspecified atom stereocenters. The SMILES string of the molecule is CCn1c(=O)n(CCC(=O)NCCNc2ncc(Cl)cc2Cl)c2ccccc21. The minimum atomic E-state index is -0.128. The third-order valence-corrected chi connectivity index (χ3v) is 4.85. The van der Waals surface area contributed by atoms with E-state index in [0.717, 1.165) is 11.0 Å². The fourth-order valence-corrected chi connectivity index (χ4v) is 3.47. The maximum absolute atomic E-state index is 12.6. The van der Waals surface area contributed by atoms with E-state index in [2.05, 4.69) is 15.6 Å². The topological polar surface area (TPSA) is 81.0 Å². The van der Waals surface area contributed by atoms with Crippen molar-refractivity contribution in [3.05, 3.63) is 57.1 Å². The van der Waals surface area contributed by atoms with Crippen LogP contribution in [0, 0.1) is 0 Å². The van der Waals surface area contributed by atoms with Crippen molar-refractivity contribution in [2.45, 2.75) is 26.4 Å². The van der Waals surface area contributed by atoms with Gasteiger partial charge in [-0.1, -0.05) is 35.3 Å². The number of hydrogen-bond donors (Lipinski definition) is 2. The van der Waals surface area contributed by atoms with Crippen molar-refractivity contribution in [2.24, 2.45) is 0 Å². The molecule has 0 fully saturated rings. The summed E-state index contributed by atoms with van der Waals surface area (Å²) in [6.07, 6.45) is 1.72. The van der Waals surface area contributed by atoms with Crippen LogP contribution in [0.2, 0.25) is 10.0 Å². The molecule has 0 aliphatic carbocycles. The molecule has 0 aliphatic heterocycles. The van der Waals surface area contributed by atoms with Gasteiger partial charge in [-0.15, -0.1) is 0 Å². The fourth-order valence-electron chi connectivity index (χ4n) is 3.02. The van der Waals surface area contributed by atoms with E-state index < -0.39 is 0 Å². The molecular formula is C19H21Cl2N5O2. The zero-order chi connectivity index (χ0) is 20.1. The van der Waals surface area contributed by atoms with Gasteiger partial charge in [0.25, 0.3) is 0 Å². The molecule has 148 valence electrons. The highest BCUT2D eigenvalue weighted by molar-refractivity contribution is 6.35. The first-order valence-electron chi connectivity index (χ1n) is 9.01. The molecule has 1 aromatic carbocycles. The van der Waals surface area contributed by atoms with Gasteiger partial charge in [0.2, 0.25) is 5.91 Å². The second-order valence-corrected chi connectivity index (χ2v) is 7.02. The Bertz CT molecular complexity index is 1040. The maximum Gasteiger partial charge on any atom is 0.329 e. The Morgan fingerprint density at radius 1 is 1.14 bits per heavy atom. The van der Waals surface area contributed by atoms with E-state index in [-0.39, 0.29) is 18.0 Å². The van der Waals surface area contributed by atoms with Gasteiger partial charge < -0.3 is 10.6 Å². The number of benzene rings is 1. The Kier molecular flexibility index (Phi) is 6.59. The van der Waals surface area contributed by atoms with Gasteiger partial charge >= 0.3 is 5.69 Å². The zero-order valence-electron chi connectivity index (χ0n) is 15.4. The van der Waals surface area contributed by atoms with Gasteiger partial charge in [-0.25, -0.2) is 9.78 Å². The molecule has 0 spiro atoms. The molecule has 9 heteroatoms. The molecular weight excluding hydrogens is 401 g/mol. The third kappa shape index (κ3) is 4.48. The first-order valence-corrected chi connectivity index (χ1v) is 9.76. The lowest BCUT2D eigenvalue weighted by atomic mass is 10.3. The van der Waals surface area contributed by atoms with Crippen LogP contribution < -0.4 is 16.3 Å². The second-order valence-electron chi connectivity index (χ2n) is 6.18. The van der Waals surface area contributed by atoms with Gasteiger partial charge in [0.1, 0.15) is 5.82 Å². The number of para-hydroxylation sites is 2. The lowest BCUT2D eigenvalue weighted by Crippen LogP contribution is -2.31. The van der Waals surface area contributed by atoms with Crippen LogP contribution in [0.4, 0.5) is 5.82 Å². The number of hydrogen-bond acceptors (Lipinski definition) is 4. The lowest BCUT2D eigenvalue weighted by molar-refractivity contribution is -0.121. The number of nitrogens with zero attached hydrogens (tertiary/aromatic N) is 3. The van der Waals surface area contributed by atoms with Gasteiger partial charge in [-0.05, 0) is 25.1 Å². The number of aromatic nitrogens is 3. The Labute approximate surface area is 172 Å². The highest BCUT2D eigenvalue weighted by atomic mass is 35.5. The zero-order valence-corrected chi connectivity index (χ0v) is 16.9. The molecule has 0 saturated heterocycles. The van der Waals surface area contributed by atoms with Crippen LogP contribution in [0.25, 0.3) is 11.0 Å². The Morgan fingerprint density at radius 2 is 1.86 bits per heavy atom. The van der Waals surface area contributed by atoms with E-state index in [1.165, 1.54) is 6.20 Å². The number of imidazole rings is 1. The standard InChI is InChI=1S/C19H21Cl2N5O2/c1-2-25-15-5-3-4-6-16(15)26(19(25)28)10-7-17(27)22-8-9-23-18-14(21)11-13(20)12-24-18/h3-6,11-12H,2,7-10H2,1H3,(H,22,27)(H,23,24). The van der Waals surface area contributed by atoms with Crippen LogP contribution in [-0.2, 0) is 17.9 Å². The minimum Gasteiger partial charge on any atom is -0.367 e. The normalized spacial score (nSPS) is 11.0. The Hall–Kier alpha value is -2.51. The average Bonchev–Trinajstić information content (AvgIpc) is 2.95. The van der Waals surface area contributed by atoms with E-state index in [9.17, 15) is 9.59 Å². The van der Waals surface area contributed by atoms with Crippen molar-refractivity contribution in [3.63, 3.8) is 0 Å². The predicted molar refractivity (Wildman–Crippen MR) is 112 cm³/mol. The van der Waals surface area contributed by atoms with E-state index in [0.29, 0.717) is 42.0 Å². The summed E-state index contributed by atoms with van der Waals surface area (Å²) < 4.78 is 3.36. The first-order chi connectivity index (χ1) is 13.5. The second kappa shape index (κ2) is 9.12. The van der Waals surface area contributed by atoms with Crippen LogP contribution in [-0.4, -0.2) is 33.1 Å². The third-order valence-electron chi connectivity index (χ3n) is 4.35. The number of rotatable bonds is 8. The van der Waals surface area contributed by atoms with Crippen LogP contribution in [0.1, 0.15) is 13.3 Å². The molecule has 28 heavy (non-hydrogen) atoms. The molecule has 0 bridgehead atoms. The summed E-state index contributed by atoms with van der Waals surface area (Å²) in [5.74, 6) is 0.386. The van der Waals surface area contributed by atoms with Gasteiger partial charge in [0.05, 0.1) is 21.1 Å². The summed E-state index contributed by atoms with van der Waals surface area (Å²) in [5, 5.41) is 6.74. The number of pyridine rings is 1.